The molecule has 0 spiro atoms. The number of hydrogen-bond donors (Lipinski definition) is 2. The first-order chi connectivity index (χ1) is 9.17. The fraction of sp³-hybridized carbons (Fsp3) is 0.600. The van der Waals surface area contributed by atoms with E-state index in [1.54, 1.807) is 6.07 Å². The second-order valence-electron chi connectivity index (χ2n) is 5.10. The molecule has 0 aliphatic heterocycles. The Kier molecular flexibility index (Phi) is 7.79. The first-order valence-electron chi connectivity index (χ1n) is 7.34. The lowest BCUT2D eigenvalue weighted by atomic mass is 9.79. The zero-order valence-electron chi connectivity index (χ0n) is 12.2. The van der Waals surface area contributed by atoms with Crippen molar-refractivity contribution in [3.63, 3.8) is 0 Å². The summed E-state index contributed by atoms with van der Waals surface area (Å²) in [5.41, 5.74) is 1.72. The third-order valence-electron chi connectivity index (χ3n) is 3.31. The van der Waals surface area contributed by atoms with E-state index in [1.165, 1.54) is 25.7 Å². The first-order valence-corrected chi connectivity index (χ1v) is 7.34. The average molecular weight is 263 g/mol. The third kappa shape index (κ3) is 6.23. The molecule has 0 aliphatic rings. The fourth-order valence-electron chi connectivity index (χ4n) is 2.14. The molecule has 0 saturated heterocycles. The summed E-state index contributed by atoms with van der Waals surface area (Å²) in [6.07, 6.45) is 4.84. The van der Waals surface area contributed by atoms with E-state index in [0.29, 0.717) is 5.46 Å². The standard InChI is InChI=1S/C15H26BNO2/c1-3-5-10-17(11-6-4-2)13-14-8-7-9-15(12-14)16(18)19/h7-9,12,18-19H,3-6,10-11,13H2,1-2H3. The van der Waals surface area contributed by atoms with Gasteiger partial charge in [0.2, 0.25) is 0 Å². The van der Waals surface area contributed by atoms with Crippen molar-refractivity contribution in [2.45, 2.75) is 46.1 Å². The monoisotopic (exact) mass is 263 g/mol. The molecule has 0 aliphatic carbocycles. The van der Waals surface area contributed by atoms with Crippen molar-refractivity contribution < 1.29 is 10.0 Å². The van der Waals surface area contributed by atoms with E-state index in [2.05, 4.69) is 24.8 Å². The maximum atomic E-state index is 9.21. The van der Waals surface area contributed by atoms with Gasteiger partial charge in [0.05, 0.1) is 0 Å². The molecule has 0 saturated carbocycles. The highest BCUT2D eigenvalue weighted by atomic mass is 16.4. The first kappa shape index (κ1) is 16.2. The number of hydrogen-bond acceptors (Lipinski definition) is 3. The van der Waals surface area contributed by atoms with Gasteiger partial charge in [-0.1, -0.05) is 51.0 Å². The summed E-state index contributed by atoms with van der Waals surface area (Å²) in [4.78, 5) is 2.45. The highest BCUT2D eigenvalue weighted by Gasteiger charge is 2.12. The predicted molar refractivity (Wildman–Crippen MR) is 81.4 cm³/mol. The molecular weight excluding hydrogens is 237 g/mol. The van der Waals surface area contributed by atoms with E-state index in [1.807, 2.05) is 12.1 Å². The van der Waals surface area contributed by atoms with E-state index in [9.17, 15) is 10.0 Å². The summed E-state index contributed by atoms with van der Waals surface area (Å²) in [5, 5.41) is 18.4. The lowest BCUT2D eigenvalue weighted by Gasteiger charge is -2.22. The molecule has 0 radical (unpaired) electrons. The van der Waals surface area contributed by atoms with Crippen LogP contribution >= 0.6 is 0 Å². The van der Waals surface area contributed by atoms with Crippen molar-refractivity contribution in [3.05, 3.63) is 29.8 Å². The van der Waals surface area contributed by atoms with Crippen molar-refractivity contribution in [2.75, 3.05) is 13.1 Å². The molecular formula is C15H26BNO2. The van der Waals surface area contributed by atoms with Gasteiger partial charge in [-0.05, 0) is 37.0 Å². The van der Waals surface area contributed by atoms with E-state index < -0.39 is 7.12 Å². The normalized spacial score (nSPS) is 11.0. The maximum absolute atomic E-state index is 9.21. The van der Waals surface area contributed by atoms with Crippen molar-refractivity contribution in [1.82, 2.24) is 4.90 Å². The molecule has 0 fully saturated rings. The summed E-state index contributed by atoms with van der Waals surface area (Å²) in [5.74, 6) is 0. The molecule has 1 aromatic carbocycles. The Morgan fingerprint density at radius 2 is 1.68 bits per heavy atom. The van der Waals surface area contributed by atoms with Crippen LogP contribution in [0.1, 0.15) is 45.1 Å². The molecule has 2 N–H and O–H groups in total. The molecule has 3 nitrogen and oxygen atoms in total. The highest BCUT2D eigenvalue weighted by molar-refractivity contribution is 6.58. The van der Waals surface area contributed by atoms with Crippen LogP contribution in [0, 0.1) is 0 Å². The van der Waals surface area contributed by atoms with Crippen LogP contribution in [0.25, 0.3) is 0 Å². The Labute approximate surface area is 117 Å². The maximum Gasteiger partial charge on any atom is 0.488 e. The Balaban J connectivity index is 2.63. The molecule has 0 aromatic heterocycles. The smallest absolute Gasteiger partial charge is 0.423 e. The SMILES string of the molecule is CCCCN(CCCC)Cc1cccc(B(O)O)c1. The van der Waals surface area contributed by atoms with Crippen LogP contribution in [-0.4, -0.2) is 35.2 Å². The number of nitrogens with zero attached hydrogens (tertiary/aromatic N) is 1. The van der Waals surface area contributed by atoms with Crippen molar-refractivity contribution >= 4 is 12.6 Å². The van der Waals surface area contributed by atoms with Crippen molar-refractivity contribution in [3.8, 4) is 0 Å². The van der Waals surface area contributed by atoms with Gasteiger partial charge in [-0.2, -0.15) is 0 Å². The number of rotatable bonds is 9. The van der Waals surface area contributed by atoms with Crippen molar-refractivity contribution in [2.24, 2.45) is 0 Å². The van der Waals surface area contributed by atoms with Gasteiger partial charge in [-0.15, -0.1) is 0 Å². The quantitative estimate of drug-likeness (QED) is 0.667. The zero-order valence-corrected chi connectivity index (χ0v) is 12.2. The summed E-state index contributed by atoms with van der Waals surface area (Å²) < 4.78 is 0. The van der Waals surface area contributed by atoms with Gasteiger partial charge in [0.25, 0.3) is 0 Å². The van der Waals surface area contributed by atoms with E-state index >= 15 is 0 Å². The molecule has 1 aromatic rings. The van der Waals surface area contributed by atoms with E-state index in [-0.39, 0.29) is 0 Å². The van der Waals surface area contributed by atoms with Gasteiger partial charge in [0.15, 0.2) is 0 Å². The van der Waals surface area contributed by atoms with Gasteiger partial charge in [-0.3, -0.25) is 4.90 Å². The van der Waals surface area contributed by atoms with Crippen LogP contribution in [0.2, 0.25) is 0 Å². The Morgan fingerprint density at radius 1 is 1.05 bits per heavy atom. The molecule has 1 rings (SSSR count). The fourth-order valence-corrected chi connectivity index (χ4v) is 2.14. The van der Waals surface area contributed by atoms with E-state index in [4.69, 9.17) is 0 Å². The Morgan fingerprint density at radius 3 is 2.21 bits per heavy atom. The summed E-state index contributed by atoms with van der Waals surface area (Å²) in [6.45, 7) is 7.53. The predicted octanol–water partition coefficient (Wildman–Crippen LogP) is 1.77. The minimum atomic E-state index is -1.38. The third-order valence-corrected chi connectivity index (χ3v) is 3.31. The second kappa shape index (κ2) is 9.13. The summed E-state index contributed by atoms with van der Waals surface area (Å²) in [6, 6.07) is 7.57. The van der Waals surface area contributed by atoms with Crippen LogP contribution < -0.4 is 5.46 Å². The molecule has 0 unspecified atom stereocenters. The lowest BCUT2D eigenvalue weighted by Crippen LogP contribution is -2.31. The minimum Gasteiger partial charge on any atom is -0.423 e. The molecule has 4 heteroatoms. The van der Waals surface area contributed by atoms with Gasteiger partial charge in [0.1, 0.15) is 0 Å². The molecule has 0 atom stereocenters. The largest absolute Gasteiger partial charge is 0.488 e. The summed E-state index contributed by atoms with van der Waals surface area (Å²) >= 11 is 0. The van der Waals surface area contributed by atoms with Gasteiger partial charge >= 0.3 is 7.12 Å². The number of unbranched alkanes of at least 4 members (excludes halogenated alkanes) is 2. The van der Waals surface area contributed by atoms with Gasteiger partial charge < -0.3 is 10.0 Å². The molecule has 0 heterocycles. The highest BCUT2D eigenvalue weighted by Crippen LogP contribution is 2.07. The summed E-state index contributed by atoms with van der Waals surface area (Å²) in [7, 11) is -1.38. The second-order valence-corrected chi connectivity index (χ2v) is 5.10. The lowest BCUT2D eigenvalue weighted by molar-refractivity contribution is 0.257. The number of benzene rings is 1. The van der Waals surface area contributed by atoms with Crippen LogP contribution in [0.5, 0.6) is 0 Å². The molecule has 0 bridgehead atoms. The Bertz CT molecular complexity index is 350. The Hall–Kier alpha value is -0.835. The van der Waals surface area contributed by atoms with Gasteiger partial charge in [-0.25, -0.2) is 0 Å². The molecule has 19 heavy (non-hydrogen) atoms. The molecule has 106 valence electrons. The molecule has 0 amide bonds. The minimum absolute atomic E-state index is 0.573. The van der Waals surface area contributed by atoms with Crippen LogP contribution in [-0.2, 0) is 6.54 Å². The van der Waals surface area contributed by atoms with Crippen LogP contribution in [0.3, 0.4) is 0 Å². The topological polar surface area (TPSA) is 43.7 Å². The van der Waals surface area contributed by atoms with Gasteiger partial charge in [0, 0.05) is 6.54 Å². The van der Waals surface area contributed by atoms with Crippen LogP contribution in [0.4, 0.5) is 0 Å². The zero-order chi connectivity index (χ0) is 14.1. The van der Waals surface area contributed by atoms with Crippen molar-refractivity contribution in [1.29, 1.82) is 0 Å². The van der Waals surface area contributed by atoms with E-state index in [0.717, 1.165) is 25.2 Å². The average Bonchev–Trinajstić information content (AvgIpc) is 2.42. The van der Waals surface area contributed by atoms with Crippen LogP contribution in [0.15, 0.2) is 24.3 Å².